The van der Waals surface area contributed by atoms with Crippen LogP contribution in [-0.2, 0) is 11.2 Å². The van der Waals surface area contributed by atoms with Crippen LogP contribution in [0.15, 0.2) is 57.7 Å². The Bertz CT molecular complexity index is 923. The lowest BCUT2D eigenvalue weighted by Gasteiger charge is -2.06. The fraction of sp³-hybridized carbons (Fsp3) is 0.238. The maximum absolute atomic E-state index is 12.3. The molecular weight excluding hydrogens is 316 g/mol. The van der Waals surface area contributed by atoms with Crippen LogP contribution in [-0.4, -0.2) is 6.47 Å². The first-order valence-corrected chi connectivity index (χ1v) is 8.49. The largest absolute Gasteiger partial charge is 0.429 e. The second-order valence-corrected chi connectivity index (χ2v) is 6.02. The molecule has 1 aromatic heterocycles. The van der Waals surface area contributed by atoms with E-state index in [2.05, 4.69) is 19.1 Å². The second-order valence-electron chi connectivity index (χ2n) is 6.02. The van der Waals surface area contributed by atoms with Gasteiger partial charge in [-0.1, -0.05) is 44.0 Å². The van der Waals surface area contributed by atoms with Crippen LogP contribution in [0, 0.1) is 0 Å². The van der Waals surface area contributed by atoms with Gasteiger partial charge in [-0.15, -0.1) is 0 Å². The third-order valence-corrected chi connectivity index (χ3v) is 4.22. The monoisotopic (exact) mass is 336 g/mol. The first-order chi connectivity index (χ1) is 12.2. The molecule has 1 heterocycles. The summed E-state index contributed by atoms with van der Waals surface area (Å²) in [6, 6.07) is 14.7. The Balaban J connectivity index is 1.92. The van der Waals surface area contributed by atoms with Crippen molar-refractivity contribution in [3.63, 3.8) is 0 Å². The van der Waals surface area contributed by atoms with E-state index in [0.717, 1.165) is 12.0 Å². The third-order valence-electron chi connectivity index (χ3n) is 4.22. The fourth-order valence-electron chi connectivity index (χ4n) is 2.86. The maximum Gasteiger partial charge on any atom is 0.344 e. The van der Waals surface area contributed by atoms with Crippen molar-refractivity contribution in [1.82, 2.24) is 0 Å². The molecule has 3 rings (SSSR count). The van der Waals surface area contributed by atoms with E-state index in [1.54, 1.807) is 24.3 Å². The fourth-order valence-corrected chi connectivity index (χ4v) is 2.86. The Hall–Kier alpha value is -2.88. The lowest BCUT2D eigenvalue weighted by Crippen LogP contribution is -2.03. The van der Waals surface area contributed by atoms with Crippen molar-refractivity contribution in [2.45, 2.75) is 32.6 Å². The normalized spacial score (nSPS) is 10.8. The second kappa shape index (κ2) is 7.79. The molecule has 4 nitrogen and oxygen atoms in total. The Morgan fingerprint density at radius 3 is 2.56 bits per heavy atom. The minimum Gasteiger partial charge on any atom is -0.429 e. The van der Waals surface area contributed by atoms with E-state index in [-0.39, 0.29) is 5.63 Å². The van der Waals surface area contributed by atoms with Crippen molar-refractivity contribution in [3.8, 4) is 16.9 Å². The Labute approximate surface area is 146 Å². The number of carbonyl (C=O) groups excluding carboxylic acids is 1. The van der Waals surface area contributed by atoms with Crippen molar-refractivity contribution < 1.29 is 13.9 Å². The zero-order chi connectivity index (χ0) is 17.6. The SMILES string of the molecule is CCCCCc1ccc(-c2cc3cc(OC=O)ccc3oc2=O)cc1. The molecular formula is C21H20O4. The highest BCUT2D eigenvalue weighted by molar-refractivity contribution is 5.83. The predicted octanol–water partition coefficient (Wildman–Crippen LogP) is 4.73. The molecule has 0 fully saturated rings. The zero-order valence-electron chi connectivity index (χ0n) is 14.2. The van der Waals surface area contributed by atoms with Gasteiger partial charge in [-0.05, 0) is 48.2 Å². The van der Waals surface area contributed by atoms with Gasteiger partial charge in [0.2, 0.25) is 0 Å². The van der Waals surface area contributed by atoms with Gasteiger partial charge in [0.25, 0.3) is 6.47 Å². The molecule has 128 valence electrons. The van der Waals surface area contributed by atoms with Crippen LogP contribution in [0.4, 0.5) is 0 Å². The molecule has 2 aromatic carbocycles. The highest BCUT2D eigenvalue weighted by Crippen LogP contribution is 2.25. The summed E-state index contributed by atoms with van der Waals surface area (Å²) in [5.41, 5.74) is 2.66. The van der Waals surface area contributed by atoms with E-state index in [0.29, 0.717) is 28.8 Å². The summed E-state index contributed by atoms with van der Waals surface area (Å²) in [5.74, 6) is 0.411. The first-order valence-electron chi connectivity index (χ1n) is 8.49. The van der Waals surface area contributed by atoms with Gasteiger partial charge < -0.3 is 9.15 Å². The molecule has 25 heavy (non-hydrogen) atoms. The quantitative estimate of drug-likeness (QED) is 0.356. The Morgan fingerprint density at radius 1 is 1.04 bits per heavy atom. The summed E-state index contributed by atoms with van der Waals surface area (Å²) in [4.78, 5) is 22.8. The minimum absolute atomic E-state index is 0.373. The molecule has 0 N–H and O–H groups in total. The summed E-state index contributed by atoms with van der Waals surface area (Å²) in [6.07, 6.45) is 4.65. The molecule has 0 saturated carbocycles. The molecule has 3 aromatic rings. The van der Waals surface area contributed by atoms with Crippen molar-refractivity contribution in [2.75, 3.05) is 0 Å². The number of rotatable bonds is 7. The average molecular weight is 336 g/mol. The minimum atomic E-state index is -0.379. The lowest BCUT2D eigenvalue weighted by molar-refractivity contribution is -0.120. The Morgan fingerprint density at radius 2 is 1.84 bits per heavy atom. The summed E-state index contributed by atoms with van der Waals surface area (Å²) in [5, 5.41) is 0.709. The number of hydrogen-bond donors (Lipinski definition) is 0. The molecule has 0 unspecified atom stereocenters. The summed E-state index contributed by atoms with van der Waals surface area (Å²) in [6.45, 7) is 2.56. The van der Waals surface area contributed by atoms with Crippen LogP contribution < -0.4 is 10.4 Å². The molecule has 4 heteroatoms. The van der Waals surface area contributed by atoms with Crippen molar-refractivity contribution in [2.24, 2.45) is 0 Å². The van der Waals surface area contributed by atoms with E-state index in [1.807, 2.05) is 12.1 Å². The first kappa shape index (κ1) is 17.0. The van der Waals surface area contributed by atoms with Gasteiger partial charge in [-0.25, -0.2) is 4.79 Å². The van der Waals surface area contributed by atoms with Crippen molar-refractivity contribution >= 4 is 17.4 Å². The van der Waals surface area contributed by atoms with Crippen LogP contribution in [0.2, 0.25) is 0 Å². The van der Waals surface area contributed by atoms with Crippen LogP contribution in [0.1, 0.15) is 31.7 Å². The van der Waals surface area contributed by atoms with Gasteiger partial charge >= 0.3 is 5.63 Å². The predicted molar refractivity (Wildman–Crippen MR) is 97.8 cm³/mol. The molecule has 0 radical (unpaired) electrons. The molecule has 0 amide bonds. The van der Waals surface area contributed by atoms with Gasteiger partial charge in [-0.3, -0.25) is 4.79 Å². The highest BCUT2D eigenvalue weighted by Gasteiger charge is 2.09. The molecule has 0 aliphatic carbocycles. The molecule has 0 aliphatic heterocycles. The Kier molecular flexibility index (Phi) is 5.29. The van der Waals surface area contributed by atoms with Gasteiger partial charge in [0.15, 0.2) is 0 Å². The molecule has 0 atom stereocenters. The van der Waals surface area contributed by atoms with E-state index < -0.39 is 0 Å². The van der Waals surface area contributed by atoms with E-state index >= 15 is 0 Å². The lowest BCUT2D eigenvalue weighted by atomic mass is 10.0. The molecule has 0 bridgehead atoms. The number of benzene rings is 2. The highest BCUT2D eigenvalue weighted by atomic mass is 16.5. The number of carbonyl (C=O) groups is 1. The molecule has 0 spiro atoms. The van der Waals surface area contributed by atoms with Crippen molar-refractivity contribution in [1.29, 1.82) is 0 Å². The zero-order valence-corrected chi connectivity index (χ0v) is 14.2. The average Bonchev–Trinajstić information content (AvgIpc) is 2.63. The number of fused-ring (bicyclic) bond motifs is 1. The van der Waals surface area contributed by atoms with Crippen molar-refractivity contribution in [3.05, 3.63) is 64.5 Å². The summed E-state index contributed by atoms with van der Waals surface area (Å²) < 4.78 is 10.2. The number of unbranched alkanes of at least 4 members (excludes halogenated alkanes) is 2. The van der Waals surface area contributed by atoms with Gasteiger partial charge in [0.05, 0.1) is 5.56 Å². The number of aryl methyl sites for hydroxylation is 1. The summed E-state index contributed by atoms with van der Waals surface area (Å²) >= 11 is 0. The van der Waals surface area contributed by atoms with Crippen LogP contribution in [0.5, 0.6) is 5.75 Å². The summed E-state index contributed by atoms with van der Waals surface area (Å²) in [7, 11) is 0. The smallest absolute Gasteiger partial charge is 0.344 e. The maximum atomic E-state index is 12.3. The standard InChI is InChI=1S/C21H20O4/c1-2-3-4-5-15-6-8-16(9-7-15)19-13-17-12-18(24-14-22)10-11-20(17)25-21(19)23/h6-14H,2-5H2,1H3. The van der Waals surface area contributed by atoms with Crippen LogP contribution in [0.25, 0.3) is 22.1 Å². The van der Waals surface area contributed by atoms with E-state index in [1.165, 1.54) is 24.8 Å². The molecule has 0 aliphatic rings. The van der Waals surface area contributed by atoms with Crippen LogP contribution >= 0.6 is 0 Å². The van der Waals surface area contributed by atoms with Gasteiger partial charge in [-0.2, -0.15) is 0 Å². The molecule has 0 saturated heterocycles. The van der Waals surface area contributed by atoms with E-state index in [9.17, 15) is 9.59 Å². The van der Waals surface area contributed by atoms with Crippen LogP contribution in [0.3, 0.4) is 0 Å². The van der Waals surface area contributed by atoms with Gasteiger partial charge in [0, 0.05) is 5.39 Å². The number of hydrogen-bond acceptors (Lipinski definition) is 4. The topological polar surface area (TPSA) is 56.5 Å². The van der Waals surface area contributed by atoms with E-state index in [4.69, 9.17) is 9.15 Å². The third kappa shape index (κ3) is 3.97. The number of ether oxygens (including phenoxy) is 1. The van der Waals surface area contributed by atoms with Gasteiger partial charge in [0.1, 0.15) is 11.3 Å².